The van der Waals surface area contributed by atoms with Crippen LogP contribution in [-0.4, -0.2) is 46.3 Å². The number of halogens is 1. The Labute approximate surface area is 102 Å². The minimum absolute atomic E-state index is 0.0785. The summed E-state index contributed by atoms with van der Waals surface area (Å²) in [6, 6.07) is 0. The summed E-state index contributed by atoms with van der Waals surface area (Å²) >= 11 is 5.57. The summed E-state index contributed by atoms with van der Waals surface area (Å²) in [5.41, 5.74) is -0.444. The molecule has 1 amide bonds. The fraction of sp³-hybridized carbons (Fsp3) is 0.375. The van der Waals surface area contributed by atoms with Gasteiger partial charge in [-0.25, -0.2) is 9.97 Å². The predicted octanol–water partition coefficient (Wildman–Crippen LogP) is 0.538. The van der Waals surface area contributed by atoms with Gasteiger partial charge in [-0.2, -0.15) is 0 Å². The molecule has 0 saturated carbocycles. The van der Waals surface area contributed by atoms with E-state index in [1.807, 2.05) is 0 Å². The summed E-state index contributed by atoms with van der Waals surface area (Å²) < 4.78 is 0. The summed E-state index contributed by atoms with van der Waals surface area (Å²) in [6.45, 7) is -0.110. The molecule has 1 heterocycles. The first-order valence-electron chi connectivity index (χ1n) is 4.52. The molecule has 0 unspecified atom stereocenters. The molecular weight excluding hydrogens is 250 g/mol. The molecule has 0 radical (unpaired) electrons. The van der Waals surface area contributed by atoms with E-state index in [0.29, 0.717) is 0 Å². The molecule has 8 nitrogen and oxygen atoms in total. The lowest BCUT2D eigenvalue weighted by Crippen LogP contribution is -2.29. The van der Waals surface area contributed by atoms with Crippen LogP contribution in [0.25, 0.3) is 0 Å². The standard InChI is InChI=1S/C8H10ClN5O3/c1-13(2)5(15)3-10-8-6(14(16)17)7(9)11-4-12-8/h4H,3H2,1-2H3,(H,10,11,12). The van der Waals surface area contributed by atoms with Crippen molar-refractivity contribution in [2.24, 2.45) is 0 Å². The van der Waals surface area contributed by atoms with Crippen LogP contribution in [0.15, 0.2) is 6.33 Å². The van der Waals surface area contributed by atoms with Gasteiger partial charge in [-0.3, -0.25) is 14.9 Å². The van der Waals surface area contributed by atoms with Crippen molar-refractivity contribution >= 4 is 29.0 Å². The molecule has 0 fully saturated rings. The second kappa shape index (κ2) is 5.39. The second-order valence-corrected chi connectivity index (χ2v) is 3.62. The third-order valence-electron chi connectivity index (χ3n) is 1.87. The van der Waals surface area contributed by atoms with Gasteiger partial charge in [-0.15, -0.1) is 0 Å². The minimum atomic E-state index is -0.704. The number of carbonyl (C=O) groups is 1. The Hall–Kier alpha value is -1.96. The molecule has 0 aliphatic heterocycles. The number of likely N-dealkylation sites (N-methyl/N-ethyl adjacent to an activating group) is 1. The Morgan fingerprint density at radius 1 is 1.59 bits per heavy atom. The molecular formula is C8H10ClN5O3. The first kappa shape index (κ1) is 13.1. The lowest BCUT2D eigenvalue weighted by atomic mass is 10.4. The number of nitro groups is 1. The largest absolute Gasteiger partial charge is 0.355 e. The first-order chi connectivity index (χ1) is 7.93. The zero-order valence-electron chi connectivity index (χ0n) is 9.18. The molecule has 92 valence electrons. The highest BCUT2D eigenvalue weighted by molar-refractivity contribution is 6.31. The van der Waals surface area contributed by atoms with E-state index in [9.17, 15) is 14.9 Å². The van der Waals surface area contributed by atoms with E-state index in [1.54, 1.807) is 14.1 Å². The van der Waals surface area contributed by atoms with Gasteiger partial charge in [0.2, 0.25) is 16.9 Å². The SMILES string of the molecule is CN(C)C(=O)CNc1ncnc(Cl)c1[N+](=O)[O-]. The number of hydrogen-bond donors (Lipinski definition) is 1. The van der Waals surface area contributed by atoms with E-state index in [4.69, 9.17) is 11.6 Å². The quantitative estimate of drug-likeness (QED) is 0.481. The Morgan fingerprint density at radius 3 is 2.76 bits per heavy atom. The highest BCUT2D eigenvalue weighted by Crippen LogP contribution is 2.27. The van der Waals surface area contributed by atoms with Crippen LogP contribution in [-0.2, 0) is 4.79 Å². The number of hydrogen-bond acceptors (Lipinski definition) is 6. The van der Waals surface area contributed by atoms with Crippen molar-refractivity contribution in [1.29, 1.82) is 0 Å². The zero-order chi connectivity index (χ0) is 13.0. The summed E-state index contributed by atoms with van der Waals surface area (Å²) in [4.78, 5) is 29.8. The van der Waals surface area contributed by atoms with E-state index in [0.717, 1.165) is 6.33 Å². The molecule has 9 heteroatoms. The number of nitrogens with one attached hydrogen (secondary N) is 1. The Bertz CT molecular complexity index is 451. The third-order valence-corrected chi connectivity index (χ3v) is 2.14. The van der Waals surface area contributed by atoms with Gasteiger partial charge in [0, 0.05) is 14.1 Å². The number of rotatable bonds is 4. The van der Waals surface area contributed by atoms with Crippen LogP contribution in [0.5, 0.6) is 0 Å². The van der Waals surface area contributed by atoms with Gasteiger partial charge in [0.25, 0.3) is 0 Å². The van der Waals surface area contributed by atoms with Gasteiger partial charge in [-0.1, -0.05) is 11.6 Å². The van der Waals surface area contributed by atoms with E-state index in [2.05, 4.69) is 15.3 Å². The van der Waals surface area contributed by atoms with Crippen molar-refractivity contribution < 1.29 is 9.72 Å². The number of nitrogens with zero attached hydrogens (tertiary/aromatic N) is 4. The topological polar surface area (TPSA) is 101 Å². The van der Waals surface area contributed by atoms with Crippen LogP contribution in [0, 0.1) is 10.1 Å². The number of anilines is 1. The number of carbonyl (C=O) groups excluding carboxylic acids is 1. The van der Waals surface area contributed by atoms with Gasteiger partial charge in [0.15, 0.2) is 0 Å². The van der Waals surface area contributed by atoms with E-state index >= 15 is 0 Å². The highest BCUT2D eigenvalue weighted by atomic mass is 35.5. The summed E-state index contributed by atoms with van der Waals surface area (Å²) in [7, 11) is 3.15. The van der Waals surface area contributed by atoms with Crippen molar-refractivity contribution in [3.8, 4) is 0 Å². The van der Waals surface area contributed by atoms with Crippen molar-refractivity contribution in [1.82, 2.24) is 14.9 Å². The average Bonchev–Trinajstić information content (AvgIpc) is 2.24. The van der Waals surface area contributed by atoms with Gasteiger partial charge >= 0.3 is 5.69 Å². The van der Waals surface area contributed by atoms with Gasteiger partial charge < -0.3 is 10.2 Å². The molecule has 1 rings (SSSR count). The highest BCUT2D eigenvalue weighted by Gasteiger charge is 2.21. The Balaban J connectivity index is 2.88. The normalized spacial score (nSPS) is 9.82. The summed E-state index contributed by atoms with van der Waals surface area (Å²) in [5.74, 6) is -0.320. The van der Waals surface area contributed by atoms with E-state index < -0.39 is 10.6 Å². The van der Waals surface area contributed by atoms with Gasteiger partial charge in [-0.05, 0) is 0 Å². The molecule has 0 aromatic carbocycles. The van der Waals surface area contributed by atoms with Crippen LogP contribution < -0.4 is 5.32 Å². The van der Waals surface area contributed by atoms with Crippen LogP contribution in [0.2, 0.25) is 5.15 Å². The molecule has 1 aromatic heterocycles. The molecule has 1 aromatic rings. The van der Waals surface area contributed by atoms with E-state index in [1.165, 1.54) is 4.90 Å². The molecule has 0 bridgehead atoms. The zero-order valence-corrected chi connectivity index (χ0v) is 9.93. The maximum Gasteiger partial charge on any atom is 0.348 e. The average molecular weight is 260 g/mol. The Morgan fingerprint density at radius 2 is 2.24 bits per heavy atom. The summed E-state index contributed by atoms with van der Waals surface area (Å²) in [5, 5.41) is 13.0. The van der Waals surface area contributed by atoms with Crippen molar-refractivity contribution in [2.45, 2.75) is 0 Å². The molecule has 1 N–H and O–H groups in total. The first-order valence-corrected chi connectivity index (χ1v) is 4.90. The lowest BCUT2D eigenvalue weighted by Gasteiger charge is -2.11. The van der Waals surface area contributed by atoms with Gasteiger partial charge in [0.1, 0.15) is 6.33 Å². The van der Waals surface area contributed by atoms with Crippen LogP contribution in [0.4, 0.5) is 11.5 Å². The number of amides is 1. The van der Waals surface area contributed by atoms with Crippen molar-refractivity contribution in [2.75, 3.05) is 26.0 Å². The smallest absolute Gasteiger partial charge is 0.348 e. The molecule has 17 heavy (non-hydrogen) atoms. The summed E-state index contributed by atoms with van der Waals surface area (Å²) in [6.07, 6.45) is 1.08. The fourth-order valence-electron chi connectivity index (χ4n) is 0.966. The monoisotopic (exact) mass is 259 g/mol. The van der Waals surface area contributed by atoms with E-state index in [-0.39, 0.29) is 23.4 Å². The van der Waals surface area contributed by atoms with Crippen molar-refractivity contribution in [3.63, 3.8) is 0 Å². The fourth-order valence-corrected chi connectivity index (χ4v) is 1.17. The maximum atomic E-state index is 11.3. The lowest BCUT2D eigenvalue weighted by molar-refractivity contribution is -0.384. The van der Waals surface area contributed by atoms with Crippen molar-refractivity contribution in [3.05, 3.63) is 21.6 Å². The molecule has 0 saturated heterocycles. The maximum absolute atomic E-state index is 11.3. The molecule has 0 spiro atoms. The number of aromatic nitrogens is 2. The minimum Gasteiger partial charge on any atom is -0.355 e. The molecule has 0 aliphatic carbocycles. The molecule has 0 aliphatic rings. The van der Waals surface area contributed by atoms with Gasteiger partial charge in [0.05, 0.1) is 11.5 Å². The third kappa shape index (κ3) is 3.25. The predicted molar refractivity (Wildman–Crippen MR) is 60.9 cm³/mol. The van der Waals surface area contributed by atoms with Crippen LogP contribution in [0.3, 0.4) is 0 Å². The van der Waals surface area contributed by atoms with Crippen LogP contribution in [0.1, 0.15) is 0 Å². The molecule has 0 atom stereocenters. The Kier molecular flexibility index (Phi) is 4.16. The van der Waals surface area contributed by atoms with Crippen LogP contribution >= 0.6 is 11.6 Å². The second-order valence-electron chi connectivity index (χ2n) is 3.26.